The van der Waals surface area contributed by atoms with E-state index in [2.05, 4.69) is 6.92 Å². The molecule has 2 heteroatoms. The van der Waals surface area contributed by atoms with Crippen LogP contribution in [0.4, 0.5) is 0 Å². The molecule has 0 radical (unpaired) electrons. The number of aliphatic hydroxyl groups is 1. The third-order valence-corrected chi connectivity index (χ3v) is 4.38. The Hall–Kier alpha value is -0.860. The molecule has 3 atom stereocenters. The third kappa shape index (κ3) is 3.80. The Bertz CT molecular complexity index is 389. The van der Waals surface area contributed by atoms with Gasteiger partial charge in [-0.15, -0.1) is 0 Å². The van der Waals surface area contributed by atoms with Gasteiger partial charge in [0.05, 0.1) is 12.7 Å². The minimum atomic E-state index is -0.499. The Labute approximate surface area is 116 Å². The van der Waals surface area contributed by atoms with E-state index in [9.17, 15) is 5.11 Å². The molecule has 1 aromatic carbocycles. The Balaban J connectivity index is 1.89. The van der Waals surface area contributed by atoms with Crippen LogP contribution in [-0.4, -0.2) is 17.8 Å². The van der Waals surface area contributed by atoms with Gasteiger partial charge in [0, 0.05) is 0 Å². The minimum absolute atomic E-state index is 0.345. The largest absolute Gasteiger partial charge is 0.386 e. The summed E-state index contributed by atoms with van der Waals surface area (Å²) in [5, 5.41) is 10.3. The average molecular weight is 262 g/mol. The fraction of sp³-hybridized carbons (Fsp3) is 0.647. The van der Waals surface area contributed by atoms with Gasteiger partial charge in [-0.2, -0.15) is 0 Å². The van der Waals surface area contributed by atoms with Crippen LogP contribution >= 0.6 is 0 Å². The Kier molecular flexibility index (Phi) is 5.41. The smallest absolute Gasteiger partial charge is 0.103 e. The van der Waals surface area contributed by atoms with Crippen LogP contribution in [-0.2, 0) is 4.74 Å². The normalized spacial score (nSPS) is 25.2. The van der Waals surface area contributed by atoms with Crippen molar-refractivity contribution in [2.45, 2.75) is 58.2 Å². The van der Waals surface area contributed by atoms with E-state index in [1.807, 2.05) is 31.2 Å². The molecule has 0 aliphatic heterocycles. The summed E-state index contributed by atoms with van der Waals surface area (Å²) in [7, 11) is 0. The summed E-state index contributed by atoms with van der Waals surface area (Å²) in [4.78, 5) is 0. The van der Waals surface area contributed by atoms with Gasteiger partial charge in [0.15, 0.2) is 0 Å². The molecule has 1 saturated carbocycles. The molecule has 1 aromatic rings. The van der Waals surface area contributed by atoms with Crippen molar-refractivity contribution in [2.75, 3.05) is 6.61 Å². The zero-order valence-electron chi connectivity index (χ0n) is 12.1. The molecule has 3 unspecified atom stereocenters. The molecule has 0 bridgehead atoms. The standard InChI is InChI=1S/C17H26O2/c1-3-14-9-5-7-11-17(14)19-12-16(18)15-10-6-4-8-13(15)2/h4,6,8,10,14,16-18H,3,5,7,9,11-12H2,1-2H3. The quantitative estimate of drug-likeness (QED) is 0.868. The van der Waals surface area contributed by atoms with E-state index in [1.165, 1.54) is 25.7 Å². The number of aliphatic hydroxyl groups excluding tert-OH is 1. The summed E-state index contributed by atoms with van der Waals surface area (Å²) in [6.45, 7) is 4.70. The number of aryl methyl sites for hydroxylation is 1. The average Bonchev–Trinajstić information content (AvgIpc) is 2.45. The van der Waals surface area contributed by atoms with E-state index in [4.69, 9.17) is 4.74 Å². The van der Waals surface area contributed by atoms with Crippen molar-refractivity contribution in [3.63, 3.8) is 0 Å². The van der Waals surface area contributed by atoms with E-state index < -0.39 is 6.10 Å². The van der Waals surface area contributed by atoms with Crippen LogP contribution in [0.3, 0.4) is 0 Å². The van der Waals surface area contributed by atoms with Crippen molar-refractivity contribution in [3.05, 3.63) is 35.4 Å². The molecular weight excluding hydrogens is 236 g/mol. The van der Waals surface area contributed by atoms with E-state index >= 15 is 0 Å². The molecule has 0 spiro atoms. The highest BCUT2D eigenvalue weighted by atomic mass is 16.5. The summed E-state index contributed by atoms with van der Waals surface area (Å²) in [6.07, 6.45) is 6.06. The third-order valence-electron chi connectivity index (χ3n) is 4.38. The molecule has 0 heterocycles. The predicted molar refractivity (Wildman–Crippen MR) is 78.1 cm³/mol. The zero-order valence-corrected chi connectivity index (χ0v) is 12.1. The first-order valence-corrected chi connectivity index (χ1v) is 7.57. The first kappa shape index (κ1) is 14.5. The SMILES string of the molecule is CCC1CCCCC1OCC(O)c1ccccc1C. The van der Waals surface area contributed by atoms with Gasteiger partial charge in [0.1, 0.15) is 6.10 Å². The van der Waals surface area contributed by atoms with Crippen LogP contribution in [0.5, 0.6) is 0 Å². The van der Waals surface area contributed by atoms with Gasteiger partial charge in [0.2, 0.25) is 0 Å². The van der Waals surface area contributed by atoms with Gasteiger partial charge in [0.25, 0.3) is 0 Å². The number of hydrogen-bond donors (Lipinski definition) is 1. The summed E-state index contributed by atoms with van der Waals surface area (Å²) in [5.74, 6) is 0.679. The summed E-state index contributed by atoms with van der Waals surface area (Å²) in [6, 6.07) is 8.00. The highest BCUT2D eigenvalue weighted by Gasteiger charge is 2.25. The number of rotatable bonds is 5. The first-order valence-electron chi connectivity index (χ1n) is 7.57. The van der Waals surface area contributed by atoms with Crippen molar-refractivity contribution in [1.29, 1.82) is 0 Å². The predicted octanol–water partition coefficient (Wildman–Crippen LogP) is 4.01. The molecule has 1 aliphatic rings. The highest BCUT2D eigenvalue weighted by Crippen LogP contribution is 2.30. The molecule has 0 saturated heterocycles. The Morgan fingerprint density at radius 2 is 2.00 bits per heavy atom. The molecular formula is C17H26O2. The maximum absolute atomic E-state index is 10.3. The molecule has 0 amide bonds. The number of ether oxygens (including phenoxy) is 1. The molecule has 2 rings (SSSR count). The monoisotopic (exact) mass is 262 g/mol. The summed E-state index contributed by atoms with van der Waals surface area (Å²) in [5.41, 5.74) is 2.13. The van der Waals surface area contributed by atoms with Crippen LogP contribution in [0.15, 0.2) is 24.3 Å². The van der Waals surface area contributed by atoms with E-state index in [0.29, 0.717) is 18.6 Å². The molecule has 1 aliphatic carbocycles. The lowest BCUT2D eigenvalue weighted by atomic mass is 9.85. The lowest BCUT2D eigenvalue weighted by Crippen LogP contribution is -2.29. The Morgan fingerprint density at radius 1 is 1.26 bits per heavy atom. The topological polar surface area (TPSA) is 29.5 Å². The van der Waals surface area contributed by atoms with E-state index in [-0.39, 0.29) is 0 Å². The van der Waals surface area contributed by atoms with Crippen LogP contribution in [0, 0.1) is 12.8 Å². The van der Waals surface area contributed by atoms with Gasteiger partial charge in [-0.3, -0.25) is 0 Å². The molecule has 1 N–H and O–H groups in total. The van der Waals surface area contributed by atoms with Crippen molar-refractivity contribution in [2.24, 2.45) is 5.92 Å². The van der Waals surface area contributed by atoms with Crippen molar-refractivity contribution >= 4 is 0 Å². The molecule has 106 valence electrons. The van der Waals surface area contributed by atoms with Gasteiger partial charge >= 0.3 is 0 Å². The van der Waals surface area contributed by atoms with Crippen molar-refractivity contribution < 1.29 is 9.84 Å². The van der Waals surface area contributed by atoms with Gasteiger partial charge < -0.3 is 9.84 Å². The lowest BCUT2D eigenvalue weighted by Gasteiger charge is -2.31. The van der Waals surface area contributed by atoms with Crippen molar-refractivity contribution in [3.8, 4) is 0 Å². The minimum Gasteiger partial charge on any atom is -0.386 e. The number of hydrogen-bond acceptors (Lipinski definition) is 2. The fourth-order valence-corrected chi connectivity index (χ4v) is 3.13. The zero-order chi connectivity index (χ0) is 13.7. The second-order valence-electron chi connectivity index (χ2n) is 5.70. The van der Waals surface area contributed by atoms with Gasteiger partial charge in [-0.1, -0.05) is 50.5 Å². The lowest BCUT2D eigenvalue weighted by molar-refractivity contribution is -0.0516. The van der Waals surface area contributed by atoms with Gasteiger partial charge in [-0.25, -0.2) is 0 Å². The molecule has 0 aromatic heterocycles. The maximum Gasteiger partial charge on any atom is 0.103 e. The Morgan fingerprint density at radius 3 is 2.74 bits per heavy atom. The van der Waals surface area contributed by atoms with Crippen molar-refractivity contribution in [1.82, 2.24) is 0 Å². The van der Waals surface area contributed by atoms with Crippen LogP contribution in [0.2, 0.25) is 0 Å². The molecule has 19 heavy (non-hydrogen) atoms. The number of benzene rings is 1. The first-order chi connectivity index (χ1) is 9.22. The van der Waals surface area contributed by atoms with Crippen LogP contribution in [0.25, 0.3) is 0 Å². The summed E-state index contributed by atoms with van der Waals surface area (Å²) < 4.78 is 6.01. The maximum atomic E-state index is 10.3. The fourth-order valence-electron chi connectivity index (χ4n) is 3.13. The molecule has 2 nitrogen and oxygen atoms in total. The van der Waals surface area contributed by atoms with Crippen LogP contribution < -0.4 is 0 Å². The second kappa shape index (κ2) is 7.06. The highest BCUT2D eigenvalue weighted by molar-refractivity contribution is 5.27. The van der Waals surface area contributed by atoms with Crippen LogP contribution in [0.1, 0.15) is 56.3 Å². The van der Waals surface area contributed by atoms with E-state index in [1.54, 1.807) is 0 Å². The van der Waals surface area contributed by atoms with E-state index in [0.717, 1.165) is 17.5 Å². The second-order valence-corrected chi connectivity index (χ2v) is 5.70. The summed E-state index contributed by atoms with van der Waals surface area (Å²) >= 11 is 0. The van der Waals surface area contributed by atoms with Gasteiger partial charge in [-0.05, 0) is 36.8 Å². The molecule has 1 fully saturated rings.